The Hall–Kier alpha value is -4.22. The van der Waals surface area contributed by atoms with Crippen LogP contribution in [0.15, 0.2) is 115 Å². The molecule has 0 aliphatic rings. The van der Waals surface area contributed by atoms with Crippen LogP contribution in [0.5, 0.6) is 0 Å². The normalized spacial score (nSPS) is 12.5. The van der Waals surface area contributed by atoms with Crippen molar-refractivity contribution < 1.29 is 0 Å². The Morgan fingerprint density at radius 3 is 1.43 bits per heavy atom. The van der Waals surface area contributed by atoms with E-state index in [4.69, 9.17) is 0 Å². The van der Waals surface area contributed by atoms with Gasteiger partial charge in [0, 0.05) is 77.0 Å². The first kappa shape index (κ1) is 21.6. The molecule has 0 N–H and O–H groups in total. The maximum Gasteiger partial charge on any atom is 0.0556 e. The van der Waals surface area contributed by atoms with Crippen molar-refractivity contribution in [3.8, 4) is 5.69 Å². The molecular weight excluding hydrogens is 543 g/mol. The molecule has 0 radical (unpaired) electrons. The molecule has 4 heteroatoms. The Balaban J connectivity index is 1.43. The molecule has 40 heavy (non-hydrogen) atoms. The fourth-order valence-corrected chi connectivity index (χ4v) is 10.3. The molecule has 0 aliphatic carbocycles. The minimum absolute atomic E-state index is 1.22. The van der Waals surface area contributed by atoms with Crippen molar-refractivity contribution in [2.24, 2.45) is 0 Å². The summed E-state index contributed by atoms with van der Waals surface area (Å²) in [6, 6.07) is 42.9. The highest BCUT2D eigenvalue weighted by Crippen LogP contribution is 2.48. The Morgan fingerprint density at radius 2 is 0.850 bits per heavy atom. The molecule has 0 fully saturated rings. The van der Waals surface area contributed by atoms with E-state index in [9.17, 15) is 0 Å². The quantitative estimate of drug-likeness (QED) is 0.188. The van der Waals surface area contributed by atoms with E-state index in [0.29, 0.717) is 0 Å². The molecule has 10 aromatic rings. The third-order valence-corrected chi connectivity index (χ3v) is 12.0. The van der Waals surface area contributed by atoms with Gasteiger partial charge in [-0.3, -0.25) is 0 Å². The van der Waals surface area contributed by atoms with Crippen molar-refractivity contribution in [1.29, 1.82) is 0 Å². The van der Waals surface area contributed by atoms with Gasteiger partial charge in [0.1, 0.15) is 0 Å². The fraction of sp³-hybridized carbons (Fsp3) is 0. The van der Waals surface area contributed by atoms with E-state index in [1.165, 1.54) is 88.0 Å². The summed E-state index contributed by atoms with van der Waals surface area (Å²) < 4.78 is 10.6. The van der Waals surface area contributed by atoms with Crippen LogP contribution in [0.4, 0.5) is 0 Å². The van der Waals surface area contributed by atoms with Gasteiger partial charge in [0.25, 0.3) is 0 Å². The number of hydrogen-bond acceptors (Lipinski definition) is 3. The molecule has 0 spiro atoms. The van der Waals surface area contributed by atoms with Gasteiger partial charge < -0.3 is 4.57 Å². The third kappa shape index (κ3) is 2.71. The van der Waals surface area contributed by atoms with Gasteiger partial charge in [-0.15, -0.1) is 34.0 Å². The standard InChI is InChI=1S/C36H19NS3/c1-5-11-30-21(7-1)24-14-16-27-33(35(24)39-30)34-28(17-15-25-22-8-2-6-12-31(22)40-36(25)34)37(27)20-13-18-32-26(19-20)23-9-3-4-10-29(23)38-32/h1-19H. The van der Waals surface area contributed by atoms with Crippen molar-refractivity contribution in [3.05, 3.63) is 115 Å². The van der Waals surface area contributed by atoms with Gasteiger partial charge in [-0.2, -0.15) is 0 Å². The Bertz CT molecular complexity index is 2530. The van der Waals surface area contributed by atoms with Crippen molar-refractivity contribution in [2.45, 2.75) is 0 Å². The third-order valence-electron chi connectivity index (χ3n) is 8.40. The summed E-state index contributed by atoms with van der Waals surface area (Å²) in [5, 5.41) is 10.8. The van der Waals surface area contributed by atoms with Gasteiger partial charge in [0.05, 0.1) is 11.0 Å². The van der Waals surface area contributed by atoms with Crippen molar-refractivity contribution in [3.63, 3.8) is 0 Å². The molecule has 4 heterocycles. The molecule has 0 saturated heterocycles. The lowest BCUT2D eigenvalue weighted by molar-refractivity contribution is 1.19. The second-order valence-corrected chi connectivity index (χ2v) is 13.7. The molecule has 1 nitrogen and oxygen atoms in total. The lowest BCUT2D eigenvalue weighted by Gasteiger charge is -2.08. The lowest BCUT2D eigenvalue weighted by atomic mass is 10.1. The van der Waals surface area contributed by atoms with Gasteiger partial charge in [-0.25, -0.2) is 0 Å². The summed E-state index contributed by atoms with van der Waals surface area (Å²) in [5.41, 5.74) is 3.77. The number of hydrogen-bond donors (Lipinski definition) is 0. The molecule has 0 amide bonds. The minimum Gasteiger partial charge on any atom is -0.309 e. The van der Waals surface area contributed by atoms with Gasteiger partial charge in [0.15, 0.2) is 0 Å². The highest BCUT2D eigenvalue weighted by molar-refractivity contribution is 7.28. The van der Waals surface area contributed by atoms with Crippen LogP contribution in [0, 0.1) is 0 Å². The van der Waals surface area contributed by atoms with Crippen LogP contribution in [0.1, 0.15) is 0 Å². The molecule has 0 bridgehead atoms. The fourth-order valence-electron chi connectivity index (χ4n) is 6.67. The first-order chi connectivity index (χ1) is 19.8. The zero-order chi connectivity index (χ0) is 25.9. The summed E-state index contributed by atoms with van der Waals surface area (Å²) in [6.07, 6.45) is 0. The van der Waals surface area contributed by atoms with Crippen LogP contribution in [0.2, 0.25) is 0 Å². The largest absolute Gasteiger partial charge is 0.309 e. The number of thiophene rings is 3. The average molecular weight is 562 g/mol. The zero-order valence-corrected chi connectivity index (χ0v) is 23.6. The summed E-state index contributed by atoms with van der Waals surface area (Å²) in [7, 11) is 0. The number of aromatic nitrogens is 1. The van der Waals surface area contributed by atoms with E-state index in [0.717, 1.165) is 0 Å². The molecule has 186 valence electrons. The van der Waals surface area contributed by atoms with Gasteiger partial charge in [0.2, 0.25) is 0 Å². The predicted molar refractivity (Wildman–Crippen MR) is 179 cm³/mol. The predicted octanol–water partition coefficient (Wildman–Crippen LogP) is 11.9. The second-order valence-electron chi connectivity index (χ2n) is 10.5. The van der Waals surface area contributed by atoms with Crippen LogP contribution in [-0.2, 0) is 0 Å². The van der Waals surface area contributed by atoms with E-state index in [2.05, 4.69) is 120 Å². The lowest BCUT2D eigenvalue weighted by Crippen LogP contribution is -1.93. The van der Waals surface area contributed by atoms with Crippen LogP contribution >= 0.6 is 34.0 Å². The number of rotatable bonds is 1. The average Bonchev–Trinajstić information content (AvgIpc) is 3.74. The maximum absolute atomic E-state index is 2.50. The van der Waals surface area contributed by atoms with E-state index in [1.807, 2.05) is 34.0 Å². The SMILES string of the molecule is c1ccc2c(c1)sc1ccc(-n3c4ccc5c6ccccc6sc5c4c4c5sc6ccccc6c5ccc43)cc12. The zero-order valence-electron chi connectivity index (χ0n) is 21.1. The molecule has 4 aromatic heterocycles. The monoisotopic (exact) mass is 561 g/mol. The van der Waals surface area contributed by atoms with E-state index in [-0.39, 0.29) is 0 Å². The van der Waals surface area contributed by atoms with Crippen LogP contribution in [-0.4, -0.2) is 4.57 Å². The Morgan fingerprint density at radius 1 is 0.375 bits per heavy atom. The number of fused-ring (bicyclic) bond motifs is 14. The molecule has 0 saturated carbocycles. The molecule has 6 aromatic carbocycles. The Kier molecular flexibility index (Phi) is 4.16. The first-order valence-electron chi connectivity index (χ1n) is 13.4. The van der Waals surface area contributed by atoms with Crippen LogP contribution in [0.3, 0.4) is 0 Å². The topological polar surface area (TPSA) is 4.93 Å². The summed E-state index contributed by atoms with van der Waals surface area (Å²) in [4.78, 5) is 0. The van der Waals surface area contributed by atoms with Crippen molar-refractivity contribution in [2.75, 3.05) is 0 Å². The van der Waals surface area contributed by atoms with E-state index < -0.39 is 0 Å². The maximum atomic E-state index is 2.50. The van der Waals surface area contributed by atoms with Crippen molar-refractivity contribution in [1.82, 2.24) is 4.57 Å². The van der Waals surface area contributed by atoms with Crippen LogP contribution in [0.25, 0.3) is 88.0 Å². The first-order valence-corrected chi connectivity index (χ1v) is 15.9. The molecule has 0 atom stereocenters. The van der Waals surface area contributed by atoms with Crippen LogP contribution < -0.4 is 0 Å². The molecule has 0 aliphatic heterocycles. The highest BCUT2D eigenvalue weighted by atomic mass is 32.1. The molecular formula is C36H19NS3. The van der Waals surface area contributed by atoms with E-state index in [1.54, 1.807) is 0 Å². The second kappa shape index (κ2) is 7.70. The minimum atomic E-state index is 1.22. The number of benzene rings is 6. The van der Waals surface area contributed by atoms with Gasteiger partial charge in [-0.1, -0.05) is 66.7 Å². The van der Waals surface area contributed by atoms with Crippen molar-refractivity contribution >= 4 is 116 Å². The molecule has 10 rings (SSSR count). The summed E-state index contributed by atoms with van der Waals surface area (Å²) >= 11 is 5.73. The van der Waals surface area contributed by atoms with Gasteiger partial charge >= 0.3 is 0 Å². The van der Waals surface area contributed by atoms with Gasteiger partial charge in [-0.05, 0) is 48.5 Å². The highest BCUT2D eigenvalue weighted by Gasteiger charge is 2.21. The summed E-state index contributed by atoms with van der Waals surface area (Å²) in [5.74, 6) is 0. The summed E-state index contributed by atoms with van der Waals surface area (Å²) in [6.45, 7) is 0. The van der Waals surface area contributed by atoms with E-state index >= 15 is 0 Å². The smallest absolute Gasteiger partial charge is 0.0556 e. The number of nitrogens with zero attached hydrogens (tertiary/aromatic N) is 1. The molecule has 0 unspecified atom stereocenters. The Labute approximate surface area is 240 Å².